The topological polar surface area (TPSA) is 111 Å². The number of hydrogen-bond acceptors (Lipinski definition) is 5. The molecule has 7 rings (SSSR count). The van der Waals surface area contributed by atoms with Crippen molar-refractivity contribution in [3.8, 4) is 0 Å². The molecule has 246 valence electrons. The lowest BCUT2D eigenvalue weighted by Gasteiger charge is -2.36. The second-order valence-electron chi connectivity index (χ2n) is 12.6. The first-order chi connectivity index (χ1) is 22.9. The molecule has 1 unspecified atom stereocenters. The van der Waals surface area contributed by atoms with Gasteiger partial charge in [0, 0.05) is 69.3 Å². The van der Waals surface area contributed by atoms with Crippen molar-refractivity contribution < 1.29 is 27.1 Å². The van der Waals surface area contributed by atoms with Crippen molar-refractivity contribution in [1.29, 1.82) is 0 Å². The lowest BCUT2D eigenvalue weighted by atomic mass is 9.56. The molecule has 5 heterocycles. The van der Waals surface area contributed by atoms with Crippen LogP contribution in [0.1, 0.15) is 42.6 Å². The molecule has 1 atom stereocenters. The van der Waals surface area contributed by atoms with E-state index in [4.69, 9.17) is 0 Å². The predicted octanol–water partition coefficient (Wildman–Crippen LogP) is 3.78. The van der Waals surface area contributed by atoms with Crippen LogP contribution in [0.15, 0.2) is 92.8 Å². The lowest BCUT2D eigenvalue weighted by molar-refractivity contribution is -0.362. The van der Waals surface area contributed by atoms with Crippen LogP contribution in [-0.2, 0) is 11.3 Å². The van der Waals surface area contributed by atoms with Crippen molar-refractivity contribution in [1.82, 2.24) is 24.3 Å². The number of aromatic amines is 1. The highest BCUT2D eigenvalue weighted by Crippen LogP contribution is 2.50. The second kappa shape index (κ2) is 11.8. The highest BCUT2D eigenvalue weighted by Gasteiger charge is 2.57. The highest BCUT2D eigenvalue weighted by atomic mass is 19.2. The Hall–Kier alpha value is -5.27. The monoisotopic (exact) mass is 656 g/mol. The highest BCUT2D eigenvalue weighted by molar-refractivity contribution is 6.63. The number of carbonyl (C=O) groups excluding carboxylic acids is 2. The first-order valence-corrected chi connectivity index (χ1v) is 15.8. The van der Waals surface area contributed by atoms with Gasteiger partial charge in [-0.15, -0.1) is 0 Å². The van der Waals surface area contributed by atoms with Crippen LogP contribution in [0.4, 0.5) is 13.0 Å². The number of allylic oxidation sites excluding steroid dienone is 7. The number of halogens is 3. The van der Waals surface area contributed by atoms with E-state index in [1.54, 1.807) is 36.1 Å². The Morgan fingerprint density at radius 1 is 1.04 bits per heavy atom. The van der Waals surface area contributed by atoms with Gasteiger partial charge in [0.05, 0.1) is 17.5 Å². The van der Waals surface area contributed by atoms with Gasteiger partial charge in [0.1, 0.15) is 17.2 Å². The average Bonchev–Trinajstić information content (AvgIpc) is 3.62. The molecule has 1 fully saturated rings. The Morgan fingerprint density at radius 2 is 1.79 bits per heavy atom. The van der Waals surface area contributed by atoms with E-state index in [1.165, 1.54) is 33.9 Å². The molecule has 2 amide bonds. The van der Waals surface area contributed by atoms with Crippen LogP contribution in [0.3, 0.4) is 0 Å². The van der Waals surface area contributed by atoms with Crippen LogP contribution >= 0.6 is 0 Å². The largest absolute Gasteiger partial charge is 0.625 e. The fourth-order valence-corrected chi connectivity index (χ4v) is 7.29. The van der Waals surface area contributed by atoms with Crippen LogP contribution < -0.4 is 11.2 Å². The summed E-state index contributed by atoms with van der Waals surface area (Å²) >= 11 is 0. The summed E-state index contributed by atoms with van der Waals surface area (Å²) in [6.45, 7) is 0.287. The molecule has 1 aromatic carbocycles. The Labute approximate surface area is 272 Å². The maximum absolute atomic E-state index is 15.8. The van der Waals surface area contributed by atoms with Crippen molar-refractivity contribution in [3.05, 3.63) is 121 Å². The number of hydrogen-bond donors (Lipinski definition) is 1. The van der Waals surface area contributed by atoms with Gasteiger partial charge in [-0.2, -0.15) is 0 Å². The van der Waals surface area contributed by atoms with Crippen LogP contribution in [0.5, 0.6) is 0 Å². The fourth-order valence-electron chi connectivity index (χ4n) is 7.29. The number of fused-ring (bicyclic) bond motifs is 3. The minimum atomic E-state index is -3.95. The first-order valence-electron chi connectivity index (χ1n) is 15.8. The number of pyridine rings is 1. The molecule has 10 nitrogen and oxygen atoms in total. The quantitative estimate of drug-likeness (QED) is 0.407. The Bertz CT molecular complexity index is 2190. The molecule has 1 N–H and O–H groups in total. The molecule has 48 heavy (non-hydrogen) atoms. The summed E-state index contributed by atoms with van der Waals surface area (Å²) in [7, 11) is 0. The third kappa shape index (κ3) is 5.24. The van der Waals surface area contributed by atoms with E-state index in [-0.39, 0.29) is 68.1 Å². The number of piperazine rings is 1. The molecule has 3 aliphatic heterocycles. The fraction of sp³-hybridized carbons (Fsp3) is 0.294. The number of carbonyl (C=O) groups is 2. The Kier molecular flexibility index (Phi) is 7.68. The molecular formula is C34H32BF3N6O4. The summed E-state index contributed by atoms with van der Waals surface area (Å²) < 4.78 is 48.9. The summed E-state index contributed by atoms with van der Waals surface area (Å²) in [5, 5.41) is 0.219. The van der Waals surface area contributed by atoms with E-state index in [1.807, 2.05) is 13.0 Å². The molecule has 14 heteroatoms. The molecule has 0 radical (unpaired) electrons. The number of aromatic nitrogens is 3. The van der Waals surface area contributed by atoms with Gasteiger partial charge in [-0.3, -0.25) is 23.9 Å². The third-order valence-corrected chi connectivity index (χ3v) is 9.67. The molecule has 0 bridgehead atoms. The molecular weight excluding hydrogens is 624 g/mol. The van der Waals surface area contributed by atoms with Gasteiger partial charge in [-0.05, 0) is 43.2 Å². The zero-order valence-corrected chi connectivity index (χ0v) is 26.4. The second-order valence-corrected chi connectivity index (χ2v) is 12.6. The van der Waals surface area contributed by atoms with Crippen LogP contribution in [-0.4, -0.2) is 79.4 Å². The van der Waals surface area contributed by atoms with Crippen molar-refractivity contribution in [2.24, 2.45) is 0 Å². The molecule has 3 aromatic rings. The minimum Gasteiger partial charge on any atom is -0.412 e. The minimum absolute atomic E-state index is 0.0583. The van der Waals surface area contributed by atoms with E-state index < -0.39 is 35.6 Å². The lowest BCUT2D eigenvalue weighted by Crippen LogP contribution is -2.50. The van der Waals surface area contributed by atoms with Gasteiger partial charge in [0.25, 0.3) is 11.5 Å². The van der Waals surface area contributed by atoms with Gasteiger partial charge in [0.15, 0.2) is 5.70 Å². The van der Waals surface area contributed by atoms with Gasteiger partial charge in [-0.25, -0.2) is 14.2 Å². The first kappa shape index (κ1) is 31.3. The normalized spacial score (nSPS) is 19.9. The summed E-state index contributed by atoms with van der Waals surface area (Å²) in [4.78, 5) is 60.8. The maximum atomic E-state index is 15.8. The zero-order valence-electron chi connectivity index (χ0n) is 26.4. The summed E-state index contributed by atoms with van der Waals surface area (Å²) in [5.41, 5.74) is 2.13. The number of rotatable bonds is 6. The van der Waals surface area contributed by atoms with Gasteiger partial charge >= 0.3 is 12.5 Å². The van der Waals surface area contributed by atoms with E-state index in [2.05, 4.69) is 9.97 Å². The van der Waals surface area contributed by atoms with Crippen molar-refractivity contribution in [2.75, 3.05) is 26.2 Å². The van der Waals surface area contributed by atoms with E-state index in [9.17, 15) is 23.6 Å². The van der Waals surface area contributed by atoms with Gasteiger partial charge in [0.2, 0.25) is 5.91 Å². The number of benzene rings is 1. The van der Waals surface area contributed by atoms with Crippen molar-refractivity contribution in [2.45, 2.75) is 39.1 Å². The number of amides is 2. The SMILES string of the molecule is CC1=CC(C)=[N+]2C1=CC1=CC=C(CCC(=O)N3CCN(C(=O)c4cc(Cn5c(=O)[nH]c(=O)c6cccnc65)ccc4F)CC3)C1[B-]2(F)F. The van der Waals surface area contributed by atoms with Crippen molar-refractivity contribution >= 4 is 35.4 Å². The smallest absolute Gasteiger partial charge is 0.412 e. The van der Waals surface area contributed by atoms with Gasteiger partial charge in [-0.1, -0.05) is 29.4 Å². The van der Waals surface area contributed by atoms with Crippen molar-refractivity contribution in [3.63, 3.8) is 0 Å². The molecule has 0 spiro atoms. The Morgan fingerprint density at radius 3 is 2.56 bits per heavy atom. The van der Waals surface area contributed by atoms with E-state index >= 15 is 8.63 Å². The third-order valence-electron chi connectivity index (χ3n) is 9.67. The maximum Gasteiger partial charge on any atom is 0.625 e. The van der Waals surface area contributed by atoms with Gasteiger partial charge < -0.3 is 22.9 Å². The standard InChI is InChI=1S/C34H32BF3N6O4/c1-20-16-21(2)44-28(20)18-24-7-6-23(30(24)35(44,37)38)8-10-29(45)41-12-14-42(15-13-41)33(47)26-17-22(5-9-27(26)36)19-43-31-25(4-3-11-39-31)32(46)40-34(43)48/h3-7,9,11,16-18,30H,8,10,12-15,19H2,1-2H3,(H,40,46,48). The van der Waals surface area contributed by atoms with Crippen LogP contribution in [0.2, 0.25) is 5.82 Å². The van der Waals surface area contributed by atoms with Crippen LogP contribution in [0.25, 0.3) is 11.0 Å². The summed E-state index contributed by atoms with van der Waals surface area (Å²) in [6, 6.07) is 7.09. The molecule has 1 saturated heterocycles. The molecule has 4 aliphatic rings. The number of H-pyrrole nitrogens is 1. The Balaban J connectivity index is 0.980. The predicted molar refractivity (Wildman–Crippen MR) is 175 cm³/mol. The molecule has 2 aromatic heterocycles. The summed E-state index contributed by atoms with van der Waals surface area (Å²) in [6.07, 6.45) is 8.73. The number of nitrogens with zero attached hydrogens (tertiary/aromatic N) is 5. The number of nitrogens with one attached hydrogen (secondary N) is 1. The average molecular weight is 656 g/mol. The van der Waals surface area contributed by atoms with Crippen LogP contribution in [0, 0.1) is 5.82 Å². The summed E-state index contributed by atoms with van der Waals surface area (Å²) in [5.74, 6) is -2.54. The molecule has 1 aliphatic carbocycles. The van der Waals surface area contributed by atoms with E-state index in [0.717, 1.165) is 16.1 Å². The van der Waals surface area contributed by atoms with E-state index in [0.29, 0.717) is 28.1 Å². The zero-order chi connectivity index (χ0) is 33.9. The molecule has 0 saturated carbocycles.